The number of amides is 2. The first kappa shape index (κ1) is 17.0. The minimum Gasteiger partial charge on any atom is -0.375 e. The third kappa shape index (κ3) is 4.38. The fourth-order valence-corrected chi connectivity index (χ4v) is 4.64. The van der Waals surface area contributed by atoms with Gasteiger partial charge in [-0.1, -0.05) is 19.3 Å². The fourth-order valence-electron chi connectivity index (χ4n) is 4.64. The molecule has 1 spiro atoms. The number of rotatable bonds is 3. The van der Waals surface area contributed by atoms with Crippen molar-refractivity contribution in [2.45, 2.75) is 63.0 Å². The molecule has 2 saturated heterocycles. The zero-order valence-electron chi connectivity index (χ0n) is 14.9. The minimum atomic E-state index is 0.0624. The van der Waals surface area contributed by atoms with Crippen LogP contribution in [0.4, 0.5) is 4.79 Å². The maximum Gasteiger partial charge on any atom is 0.317 e. The van der Waals surface area contributed by atoms with Gasteiger partial charge >= 0.3 is 6.03 Å². The van der Waals surface area contributed by atoms with Gasteiger partial charge < -0.3 is 19.9 Å². The van der Waals surface area contributed by atoms with Gasteiger partial charge in [0.2, 0.25) is 0 Å². The lowest BCUT2D eigenvalue weighted by Gasteiger charge is -2.43. The maximum atomic E-state index is 12.6. The van der Waals surface area contributed by atoms with Crippen molar-refractivity contribution in [3.05, 3.63) is 0 Å². The van der Waals surface area contributed by atoms with Crippen LogP contribution in [0.25, 0.3) is 0 Å². The monoisotopic (exact) mass is 323 g/mol. The van der Waals surface area contributed by atoms with Gasteiger partial charge in [-0.05, 0) is 52.1 Å². The lowest BCUT2D eigenvalue weighted by Crippen LogP contribution is -2.52. The largest absolute Gasteiger partial charge is 0.375 e. The van der Waals surface area contributed by atoms with Crippen molar-refractivity contribution in [2.75, 3.05) is 40.3 Å². The Balaban J connectivity index is 1.48. The van der Waals surface area contributed by atoms with E-state index in [1.165, 1.54) is 32.1 Å². The van der Waals surface area contributed by atoms with Gasteiger partial charge in [-0.25, -0.2) is 4.79 Å². The molecule has 2 atom stereocenters. The van der Waals surface area contributed by atoms with Gasteiger partial charge in [0.15, 0.2) is 0 Å². The average Bonchev–Trinajstić information content (AvgIpc) is 2.96. The maximum absolute atomic E-state index is 12.6. The Morgan fingerprint density at radius 2 is 2.04 bits per heavy atom. The first-order chi connectivity index (χ1) is 11.1. The second-order valence-electron chi connectivity index (χ2n) is 8.09. The molecule has 3 aliphatic rings. The molecule has 0 aromatic carbocycles. The molecule has 0 bridgehead atoms. The summed E-state index contributed by atoms with van der Waals surface area (Å²) in [6.45, 7) is 3.68. The highest BCUT2D eigenvalue weighted by atomic mass is 16.5. The normalized spacial score (nSPS) is 30.8. The van der Waals surface area contributed by atoms with Crippen LogP contribution in [0.5, 0.6) is 0 Å². The summed E-state index contributed by atoms with van der Waals surface area (Å²) in [4.78, 5) is 16.8. The van der Waals surface area contributed by atoms with Crippen LogP contribution in [0.2, 0.25) is 0 Å². The summed E-state index contributed by atoms with van der Waals surface area (Å²) in [5.41, 5.74) is 0.0624. The van der Waals surface area contributed by atoms with Crippen LogP contribution in [0, 0.1) is 5.92 Å². The third-order valence-electron chi connectivity index (χ3n) is 5.78. The van der Waals surface area contributed by atoms with E-state index in [0.29, 0.717) is 12.0 Å². The Kier molecular flexibility index (Phi) is 5.47. The zero-order valence-corrected chi connectivity index (χ0v) is 14.9. The van der Waals surface area contributed by atoms with Crippen molar-refractivity contribution in [1.29, 1.82) is 0 Å². The molecule has 2 aliphatic heterocycles. The van der Waals surface area contributed by atoms with Crippen molar-refractivity contribution in [1.82, 2.24) is 15.1 Å². The van der Waals surface area contributed by atoms with Gasteiger partial charge in [0.1, 0.15) is 0 Å². The van der Waals surface area contributed by atoms with Crippen LogP contribution in [-0.2, 0) is 4.74 Å². The van der Waals surface area contributed by atoms with Crippen LogP contribution < -0.4 is 5.32 Å². The molecule has 3 fully saturated rings. The average molecular weight is 323 g/mol. The SMILES string of the molecule is CN(C)CC1CCN(C(=O)NC2CCOC3(CCCCC3)C2)C1. The number of carbonyl (C=O) groups is 1. The second kappa shape index (κ2) is 7.39. The first-order valence-corrected chi connectivity index (χ1v) is 9.40. The van der Waals surface area contributed by atoms with Crippen molar-refractivity contribution in [3.8, 4) is 0 Å². The van der Waals surface area contributed by atoms with E-state index in [-0.39, 0.29) is 11.6 Å². The molecule has 3 rings (SSSR count). The third-order valence-corrected chi connectivity index (χ3v) is 5.78. The van der Waals surface area contributed by atoms with Crippen LogP contribution in [0.3, 0.4) is 0 Å². The predicted molar refractivity (Wildman–Crippen MR) is 91.6 cm³/mol. The van der Waals surface area contributed by atoms with E-state index < -0.39 is 0 Å². The smallest absolute Gasteiger partial charge is 0.317 e. The number of urea groups is 1. The summed E-state index contributed by atoms with van der Waals surface area (Å²) >= 11 is 0. The number of nitrogens with one attached hydrogen (secondary N) is 1. The quantitative estimate of drug-likeness (QED) is 0.868. The van der Waals surface area contributed by atoms with Crippen molar-refractivity contribution in [2.24, 2.45) is 5.92 Å². The van der Waals surface area contributed by atoms with Gasteiger partial charge in [0, 0.05) is 32.3 Å². The van der Waals surface area contributed by atoms with Gasteiger partial charge in [-0.2, -0.15) is 0 Å². The number of likely N-dealkylation sites (tertiary alicyclic amines) is 1. The lowest BCUT2D eigenvalue weighted by atomic mass is 9.78. The first-order valence-electron chi connectivity index (χ1n) is 9.40. The second-order valence-corrected chi connectivity index (χ2v) is 8.09. The molecule has 0 aromatic rings. The van der Waals surface area contributed by atoms with Crippen LogP contribution in [-0.4, -0.2) is 67.8 Å². The van der Waals surface area contributed by atoms with Crippen molar-refractivity contribution in [3.63, 3.8) is 0 Å². The topological polar surface area (TPSA) is 44.8 Å². The Labute approximate surface area is 140 Å². The van der Waals surface area contributed by atoms with Crippen LogP contribution >= 0.6 is 0 Å². The molecule has 132 valence electrons. The molecular weight excluding hydrogens is 290 g/mol. The molecule has 0 radical (unpaired) electrons. The molecule has 1 saturated carbocycles. The van der Waals surface area contributed by atoms with E-state index >= 15 is 0 Å². The minimum absolute atomic E-state index is 0.0624. The molecule has 0 aromatic heterocycles. The van der Waals surface area contributed by atoms with E-state index in [2.05, 4.69) is 24.3 Å². The molecule has 1 aliphatic carbocycles. The number of hydrogen-bond donors (Lipinski definition) is 1. The Morgan fingerprint density at radius 1 is 1.26 bits per heavy atom. The molecule has 5 nitrogen and oxygen atoms in total. The predicted octanol–water partition coefficient (Wildman–Crippen LogP) is 2.46. The zero-order chi connectivity index (χ0) is 16.3. The van der Waals surface area contributed by atoms with E-state index in [0.717, 1.165) is 45.5 Å². The Bertz CT molecular complexity index is 402. The highest BCUT2D eigenvalue weighted by Gasteiger charge is 2.39. The summed E-state index contributed by atoms with van der Waals surface area (Å²) < 4.78 is 6.13. The number of carbonyl (C=O) groups excluding carboxylic acids is 1. The highest BCUT2D eigenvalue weighted by molar-refractivity contribution is 5.74. The van der Waals surface area contributed by atoms with Crippen LogP contribution in [0.1, 0.15) is 51.4 Å². The Hall–Kier alpha value is -0.810. The molecule has 23 heavy (non-hydrogen) atoms. The molecule has 5 heteroatoms. The number of ether oxygens (including phenoxy) is 1. The molecule has 2 unspecified atom stereocenters. The summed E-state index contributed by atoms with van der Waals surface area (Å²) in [5, 5.41) is 3.30. The summed E-state index contributed by atoms with van der Waals surface area (Å²) in [6.07, 6.45) is 9.34. The van der Waals surface area contributed by atoms with E-state index in [4.69, 9.17) is 4.74 Å². The molecule has 1 N–H and O–H groups in total. The van der Waals surface area contributed by atoms with Gasteiger partial charge in [-0.15, -0.1) is 0 Å². The number of hydrogen-bond acceptors (Lipinski definition) is 3. The number of nitrogens with zero attached hydrogens (tertiary/aromatic N) is 2. The summed E-state index contributed by atoms with van der Waals surface area (Å²) in [7, 11) is 4.21. The molecule has 2 heterocycles. The van der Waals surface area contributed by atoms with E-state index in [1.54, 1.807) is 0 Å². The van der Waals surface area contributed by atoms with Crippen molar-refractivity contribution < 1.29 is 9.53 Å². The summed E-state index contributed by atoms with van der Waals surface area (Å²) in [6, 6.07) is 0.436. The summed E-state index contributed by atoms with van der Waals surface area (Å²) in [5.74, 6) is 0.620. The van der Waals surface area contributed by atoms with Crippen LogP contribution in [0.15, 0.2) is 0 Å². The van der Waals surface area contributed by atoms with Crippen molar-refractivity contribution >= 4 is 6.03 Å². The Morgan fingerprint density at radius 3 is 2.78 bits per heavy atom. The lowest BCUT2D eigenvalue weighted by molar-refractivity contribution is -0.108. The fraction of sp³-hybridized carbons (Fsp3) is 0.944. The van der Waals surface area contributed by atoms with E-state index in [9.17, 15) is 4.79 Å². The molecular formula is C18H33N3O2. The van der Waals surface area contributed by atoms with E-state index in [1.807, 2.05) is 4.90 Å². The van der Waals surface area contributed by atoms with Gasteiger partial charge in [0.25, 0.3) is 0 Å². The van der Waals surface area contributed by atoms with Gasteiger partial charge in [0.05, 0.1) is 5.60 Å². The highest BCUT2D eigenvalue weighted by Crippen LogP contribution is 2.38. The van der Waals surface area contributed by atoms with Gasteiger partial charge in [-0.3, -0.25) is 0 Å². The molecule has 2 amide bonds. The standard InChI is InChI=1S/C18H33N3O2/c1-20(2)13-15-6-10-21(14-15)17(22)19-16-7-11-23-18(12-16)8-4-3-5-9-18/h15-16H,3-14H2,1-2H3,(H,19,22).